The second-order valence-corrected chi connectivity index (χ2v) is 8.64. The molecule has 2 heterocycles. The Morgan fingerprint density at radius 1 is 1.03 bits per heavy atom. The molecule has 0 aliphatic rings. The number of halogens is 1. The van der Waals surface area contributed by atoms with E-state index in [-0.39, 0.29) is 5.69 Å². The second kappa shape index (κ2) is 9.13. The van der Waals surface area contributed by atoms with E-state index in [1.807, 2.05) is 6.07 Å². The number of pyridine rings is 1. The first-order chi connectivity index (χ1) is 15.9. The maximum absolute atomic E-state index is 14.0. The summed E-state index contributed by atoms with van der Waals surface area (Å²) in [5.41, 5.74) is 3.95. The van der Waals surface area contributed by atoms with Crippen LogP contribution in [-0.4, -0.2) is 36.6 Å². The van der Waals surface area contributed by atoms with Crippen LogP contribution < -0.4 is 10.0 Å². The van der Waals surface area contributed by atoms with Gasteiger partial charge in [-0.25, -0.2) is 17.8 Å². The van der Waals surface area contributed by atoms with Crippen LogP contribution in [0.3, 0.4) is 0 Å². The van der Waals surface area contributed by atoms with Crippen molar-refractivity contribution in [3.8, 4) is 11.1 Å². The van der Waals surface area contributed by atoms with Crippen molar-refractivity contribution in [3.05, 3.63) is 84.8 Å². The van der Waals surface area contributed by atoms with E-state index >= 15 is 0 Å². The predicted molar refractivity (Wildman–Crippen MR) is 126 cm³/mol. The topological polar surface area (TPSA) is 121 Å². The third-order valence-corrected chi connectivity index (χ3v) is 6.16. The first-order valence-electron chi connectivity index (χ1n) is 9.79. The van der Waals surface area contributed by atoms with Gasteiger partial charge in [0.2, 0.25) is 0 Å². The van der Waals surface area contributed by atoms with Crippen LogP contribution in [0.15, 0.2) is 78.2 Å². The molecule has 0 aliphatic carbocycles. The van der Waals surface area contributed by atoms with Gasteiger partial charge in [0, 0.05) is 36.8 Å². The highest BCUT2D eigenvalue weighted by molar-refractivity contribution is 7.92. The Kier molecular flexibility index (Phi) is 6.09. The average molecular weight is 463 g/mol. The van der Waals surface area contributed by atoms with Crippen LogP contribution in [0, 0.1) is 11.2 Å². The van der Waals surface area contributed by atoms with E-state index in [0.717, 1.165) is 11.6 Å². The van der Waals surface area contributed by atoms with Crippen molar-refractivity contribution in [2.45, 2.75) is 4.90 Å². The van der Waals surface area contributed by atoms with Gasteiger partial charge in [-0.1, -0.05) is 18.2 Å². The maximum Gasteiger partial charge on any atom is 0.264 e. The molecule has 166 valence electrons. The summed E-state index contributed by atoms with van der Waals surface area (Å²) in [5, 5.41) is 10.4. The molecule has 4 rings (SSSR count). The van der Waals surface area contributed by atoms with Crippen LogP contribution in [0.2, 0.25) is 0 Å². The Bertz CT molecular complexity index is 1490. The van der Waals surface area contributed by atoms with Crippen molar-refractivity contribution in [2.24, 2.45) is 0 Å². The minimum Gasteiger partial charge on any atom is -0.393 e. The molecule has 10 heteroatoms. The third-order valence-electron chi connectivity index (χ3n) is 4.74. The summed E-state index contributed by atoms with van der Waals surface area (Å²) < 4.78 is 41.5. The van der Waals surface area contributed by atoms with Crippen molar-refractivity contribution in [2.75, 3.05) is 11.8 Å². The zero-order chi connectivity index (χ0) is 23.4. The molecule has 0 bridgehead atoms. The van der Waals surface area contributed by atoms with Gasteiger partial charge < -0.3 is 10.7 Å². The molecular formula is C23H19FN6O2S. The van der Waals surface area contributed by atoms with E-state index in [1.165, 1.54) is 30.6 Å². The highest BCUT2D eigenvalue weighted by Crippen LogP contribution is 2.26. The number of nitrogens with one attached hydrogen (secondary N) is 3. The number of aromatic nitrogens is 3. The van der Waals surface area contributed by atoms with Crippen LogP contribution in [0.25, 0.3) is 27.7 Å². The van der Waals surface area contributed by atoms with Crippen molar-refractivity contribution < 1.29 is 12.8 Å². The Morgan fingerprint density at radius 3 is 2.61 bits per heavy atom. The zero-order valence-corrected chi connectivity index (χ0v) is 18.3. The normalized spacial score (nSPS) is 11.9. The fourth-order valence-electron chi connectivity index (χ4n) is 3.20. The van der Waals surface area contributed by atoms with Gasteiger partial charge in [-0.15, -0.1) is 0 Å². The molecule has 0 amide bonds. The van der Waals surface area contributed by atoms with Gasteiger partial charge in [0.15, 0.2) is 0 Å². The van der Waals surface area contributed by atoms with Gasteiger partial charge in [0.05, 0.1) is 34.8 Å². The number of sulfonamides is 1. The first kappa shape index (κ1) is 22.0. The van der Waals surface area contributed by atoms with Crippen LogP contribution in [0.1, 0.15) is 5.69 Å². The molecule has 0 saturated heterocycles. The highest BCUT2D eigenvalue weighted by Gasteiger charge is 2.19. The Hall–Kier alpha value is -4.18. The zero-order valence-electron chi connectivity index (χ0n) is 17.4. The van der Waals surface area contributed by atoms with Crippen molar-refractivity contribution in [1.82, 2.24) is 20.3 Å². The fourth-order valence-corrected chi connectivity index (χ4v) is 4.32. The number of rotatable bonds is 7. The summed E-state index contributed by atoms with van der Waals surface area (Å²) in [6.07, 6.45) is 7.37. The predicted octanol–water partition coefficient (Wildman–Crippen LogP) is 3.84. The Balaban J connectivity index is 1.69. The van der Waals surface area contributed by atoms with E-state index in [2.05, 4.69) is 25.0 Å². The van der Waals surface area contributed by atoms with E-state index in [0.29, 0.717) is 27.9 Å². The second-order valence-electron chi connectivity index (χ2n) is 6.99. The lowest BCUT2D eigenvalue weighted by Gasteiger charge is -2.10. The number of hydrogen-bond acceptors (Lipinski definition) is 7. The van der Waals surface area contributed by atoms with Crippen molar-refractivity contribution >= 4 is 38.5 Å². The SMILES string of the molecule is CN/C=C(\C=N)c1cnc2ccc(-c3cncc(NS(=O)(=O)c4ccccc4F)c3)cc2n1. The Morgan fingerprint density at radius 2 is 1.85 bits per heavy atom. The number of benzene rings is 2. The molecule has 2 aromatic heterocycles. The molecule has 3 N–H and O–H groups in total. The van der Waals surface area contributed by atoms with Gasteiger partial charge in [0.25, 0.3) is 10.0 Å². The lowest BCUT2D eigenvalue weighted by molar-refractivity contribution is 0.570. The monoisotopic (exact) mass is 462 g/mol. The lowest BCUT2D eigenvalue weighted by Crippen LogP contribution is -2.14. The molecule has 0 spiro atoms. The molecule has 0 radical (unpaired) electrons. The van der Waals surface area contributed by atoms with Gasteiger partial charge in [-0.2, -0.15) is 0 Å². The third kappa shape index (κ3) is 4.70. The minimum atomic E-state index is -4.12. The molecule has 0 fully saturated rings. The average Bonchev–Trinajstić information content (AvgIpc) is 2.82. The van der Waals surface area contributed by atoms with E-state index in [1.54, 1.807) is 43.8 Å². The van der Waals surface area contributed by atoms with Gasteiger partial charge >= 0.3 is 0 Å². The summed E-state index contributed by atoms with van der Waals surface area (Å²) in [4.78, 5) is 12.7. The van der Waals surface area contributed by atoms with Crippen LogP contribution in [-0.2, 0) is 10.0 Å². The van der Waals surface area contributed by atoms with E-state index in [9.17, 15) is 12.8 Å². The number of anilines is 1. The standard InChI is InChI=1S/C23H19FN6O2S/c1-26-11-17(10-25)22-14-28-20-7-6-15(9-21(20)29-22)16-8-18(13-27-12-16)30-33(31,32)23-5-3-2-4-19(23)24/h2-14,25-26,30H,1H3/b17-11+,25-10?. The molecule has 0 aliphatic heterocycles. The molecule has 2 aromatic carbocycles. The van der Waals surface area contributed by atoms with Crippen LogP contribution in [0.5, 0.6) is 0 Å². The number of allylic oxidation sites excluding steroid dienone is 1. The maximum atomic E-state index is 14.0. The molecule has 8 nitrogen and oxygen atoms in total. The molecular weight excluding hydrogens is 443 g/mol. The van der Waals surface area contributed by atoms with Gasteiger partial charge in [-0.05, 0) is 35.9 Å². The minimum absolute atomic E-state index is 0.193. The summed E-state index contributed by atoms with van der Waals surface area (Å²) in [6.45, 7) is 0. The van der Waals surface area contributed by atoms with Gasteiger partial charge in [0.1, 0.15) is 10.7 Å². The summed E-state index contributed by atoms with van der Waals surface area (Å²) in [7, 11) is -2.39. The Labute approximate surface area is 189 Å². The summed E-state index contributed by atoms with van der Waals surface area (Å²) in [6, 6.07) is 12.2. The van der Waals surface area contributed by atoms with Crippen molar-refractivity contribution in [3.63, 3.8) is 0 Å². The molecule has 0 saturated carbocycles. The number of fused-ring (bicyclic) bond motifs is 1. The molecule has 4 aromatic rings. The smallest absolute Gasteiger partial charge is 0.264 e. The van der Waals surface area contributed by atoms with E-state index < -0.39 is 20.7 Å². The molecule has 0 atom stereocenters. The molecule has 33 heavy (non-hydrogen) atoms. The van der Waals surface area contributed by atoms with Crippen molar-refractivity contribution in [1.29, 1.82) is 5.41 Å². The van der Waals surface area contributed by atoms with Crippen LogP contribution >= 0.6 is 0 Å². The fraction of sp³-hybridized carbons (Fsp3) is 0.0435. The molecule has 0 unspecified atom stereocenters. The summed E-state index contributed by atoms with van der Waals surface area (Å²) in [5.74, 6) is -0.838. The largest absolute Gasteiger partial charge is 0.393 e. The number of nitrogens with zero attached hydrogens (tertiary/aromatic N) is 3. The lowest BCUT2D eigenvalue weighted by atomic mass is 10.1. The number of hydrogen-bond donors (Lipinski definition) is 3. The highest BCUT2D eigenvalue weighted by atomic mass is 32.2. The quantitative estimate of drug-likeness (QED) is 0.359. The van der Waals surface area contributed by atoms with Crippen LogP contribution in [0.4, 0.5) is 10.1 Å². The summed E-state index contributed by atoms with van der Waals surface area (Å²) >= 11 is 0. The van der Waals surface area contributed by atoms with Gasteiger partial charge in [-0.3, -0.25) is 14.7 Å². The first-order valence-corrected chi connectivity index (χ1v) is 11.3. The van der Waals surface area contributed by atoms with E-state index in [4.69, 9.17) is 5.41 Å².